The minimum Gasteiger partial charge on any atom is -0.294 e. The molecule has 1 aliphatic carbocycles. The van der Waals surface area contributed by atoms with E-state index in [1.807, 2.05) is 0 Å². The predicted octanol–water partition coefficient (Wildman–Crippen LogP) is 1.49. The first-order valence-corrected chi connectivity index (χ1v) is 3.36. The number of rotatable bonds is 0. The van der Waals surface area contributed by atoms with Crippen LogP contribution in [0.4, 0.5) is 0 Å². The molecule has 0 radical (unpaired) electrons. The fraction of sp³-hybridized carbons (Fsp3) is 0.857. The first kappa shape index (κ1) is 4.54. The monoisotopic (exact) mass is 109 g/mol. The van der Waals surface area contributed by atoms with Crippen molar-refractivity contribution in [1.29, 1.82) is 0 Å². The second-order valence-electron chi connectivity index (χ2n) is 3.04. The molecule has 0 aromatic carbocycles. The van der Waals surface area contributed by atoms with E-state index in [9.17, 15) is 0 Å². The van der Waals surface area contributed by atoms with Gasteiger partial charge in [0.15, 0.2) is 0 Å². The van der Waals surface area contributed by atoms with E-state index in [1.54, 1.807) is 0 Å². The molecule has 1 heterocycles. The molecule has 2 aliphatic rings. The molecule has 1 fully saturated rings. The highest BCUT2D eigenvalue weighted by molar-refractivity contribution is 5.83. The van der Waals surface area contributed by atoms with Gasteiger partial charge in [0.25, 0.3) is 0 Å². The predicted molar refractivity (Wildman–Crippen MR) is 34.2 cm³/mol. The Morgan fingerprint density at radius 1 is 1.50 bits per heavy atom. The normalized spacial score (nSPS) is 42.9. The van der Waals surface area contributed by atoms with E-state index >= 15 is 0 Å². The Hall–Kier alpha value is -0.330. The summed E-state index contributed by atoms with van der Waals surface area (Å²) in [6, 6.07) is 0. The van der Waals surface area contributed by atoms with Gasteiger partial charge in [0.2, 0.25) is 0 Å². The van der Waals surface area contributed by atoms with Crippen LogP contribution in [-0.2, 0) is 0 Å². The van der Waals surface area contributed by atoms with Gasteiger partial charge in [0.05, 0.1) is 0 Å². The number of hydrogen-bond donors (Lipinski definition) is 0. The molecule has 2 rings (SSSR count). The smallest absolute Gasteiger partial charge is 0.0419 e. The summed E-state index contributed by atoms with van der Waals surface area (Å²) in [7, 11) is 0. The van der Waals surface area contributed by atoms with Gasteiger partial charge in [-0.25, -0.2) is 0 Å². The molecule has 44 valence electrons. The Balaban J connectivity index is 2.10. The minimum absolute atomic E-state index is 0.999. The van der Waals surface area contributed by atoms with Crippen LogP contribution in [-0.4, -0.2) is 12.3 Å². The van der Waals surface area contributed by atoms with Crippen molar-refractivity contribution in [3.63, 3.8) is 0 Å². The minimum atomic E-state index is 0.999. The molecule has 1 saturated carbocycles. The zero-order chi connectivity index (χ0) is 5.56. The quantitative estimate of drug-likeness (QED) is 0.447. The lowest BCUT2D eigenvalue weighted by Gasteiger charge is -2.04. The van der Waals surface area contributed by atoms with E-state index in [4.69, 9.17) is 0 Å². The molecule has 2 unspecified atom stereocenters. The van der Waals surface area contributed by atoms with Crippen molar-refractivity contribution in [2.45, 2.75) is 19.8 Å². The van der Waals surface area contributed by atoms with Crippen LogP contribution >= 0.6 is 0 Å². The SMILES string of the molecule is CC1=NCC2CC2C1. The van der Waals surface area contributed by atoms with Crippen LogP contribution in [0.2, 0.25) is 0 Å². The van der Waals surface area contributed by atoms with Crippen molar-refractivity contribution in [1.82, 2.24) is 0 Å². The van der Waals surface area contributed by atoms with Gasteiger partial charge in [-0.3, -0.25) is 4.99 Å². The Bertz CT molecular complexity index is 137. The topological polar surface area (TPSA) is 12.4 Å². The van der Waals surface area contributed by atoms with Crippen LogP contribution in [0, 0.1) is 11.8 Å². The third-order valence-electron chi connectivity index (χ3n) is 2.22. The Morgan fingerprint density at radius 2 is 2.38 bits per heavy atom. The van der Waals surface area contributed by atoms with Gasteiger partial charge in [0, 0.05) is 12.3 Å². The van der Waals surface area contributed by atoms with Crippen molar-refractivity contribution in [2.75, 3.05) is 6.54 Å². The summed E-state index contributed by atoms with van der Waals surface area (Å²) in [5.74, 6) is 2.05. The van der Waals surface area contributed by atoms with Crippen LogP contribution in [0.1, 0.15) is 19.8 Å². The van der Waals surface area contributed by atoms with E-state index in [0.29, 0.717) is 0 Å². The standard InChI is InChI=1S/C7H11N/c1-5-2-6-3-7(6)4-8-5/h6-7H,2-4H2,1H3. The lowest BCUT2D eigenvalue weighted by Crippen LogP contribution is -2.03. The summed E-state index contributed by atoms with van der Waals surface area (Å²) < 4.78 is 0. The number of nitrogens with zero attached hydrogens (tertiary/aromatic N) is 1. The lowest BCUT2D eigenvalue weighted by atomic mass is 10.1. The summed E-state index contributed by atoms with van der Waals surface area (Å²) in [6.45, 7) is 3.28. The number of aliphatic imine (C=N–C) groups is 1. The number of hydrogen-bond acceptors (Lipinski definition) is 1. The van der Waals surface area contributed by atoms with Gasteiger partial charge in [-0.1, -0.05) is 0 Å². The van der Waals surface area contributed by atoms with Crippen LogP contribution in [0.15, 0.2) is 4.99 Å². The molecular weight excluding hydrogens is 98.1 g/mol. The highest BCUT2D eigenvalue weighted by atomic mass is 14.8. The van der Waals surface area contributed by atoms with Crippen LogP contribution in [0.5, 0.6) is 0 Å². The average molecular weight is 109 g/mol. The molecule has 0 spiro atoms. The van der Waals surface area contributed by atoms with Gasteiger partial charge in [-0.15, -0.1) is 0 Å². The Labute approximate surface area is 49.8 Å². The van der Waals surface area contributed by atoms with E-state index in [2.05, 4.69) is 11.9 Å². The second kappa shape index (κ2) is 1.34. The summed E-state index contributed by atoms with van der Waals surface area (Å²) in [6.07, 6.45) is 2.76. The van der Waals surface area contributed by atoms with Gasteiger partial charge < -0.3 is 0 Å². The maximum Gasteiger partial charge on any atom is 0.0419 e. The third-order valence-corrected chi connectivity index (χ3v) is 2.22. The zero-order valence-electron chi connectivity index (χ0n) is 5.22. The third kappa shape index (κ3) is 0.575. The molecular formula is C7H11N. The molecule has 1 nitrogen and oxygen atoms in total. The molecule has 1 heteroatoms. The first-order valence-electron chi connectivity index (χ1n) is 3.36. The molecule has 8 heavy (non-hydrogen) atoms. The van der Waals surface area contributed by atoms with Crippen LogP contribution in [0.3, 0.4) is 0 Å². The van der Waals surface area contributed by atoms with Gasteiger partial charge in [-0.2, -0.15) is 0 Å². The Kier molecular flexibility index (Phi) is 0.758. The van der Waals surface area contributed by atoms with Gasteiger partial charge in [0.1, 0.15) is 0 Å². The van der Waals surface area contributed by atoms with Crippen molar-refractivity contribution >= 4 is 5.71 Å². The van der Waals surface area contributed by atoms with Crippen LogP contribution in [0.25, 0.3) is 0 Å². The maximum absolute atomic E-state index is 4.37. The summed E-state index contributed by atoms with van der Waals surface area (Å²) >= 11 is 0. The average Bonchev–Trinajstić information content (AvgIpc) is 2.43. The largest absolute Gasteiger partial charge is 0.294 e. The van der Waals surface area contributed by atoms with E-state index in [-0.39, 0.29) is 0 Å². The summed E-state index contributed by atoms with van der Waals surface area (Å²) in [5, 5.41) is 0. The molecule has 0 aromatic heterocycles. The Morgan fingerprint density at radius 3 is 3.00 bits per heavy atom. The van der Waals surface area contributed by atoms with E-state index < -0.39 is 0 Å². The first-order chi connectivity index (χ1) is 3.86. The second-order valence-corrected chi connectivity index (χ2v) is 3.04. The maximum atomic E-state index is 4.37. The molecule has 0 aromatic rings. The highest BCUT2D eigenvalue weighted by Gasteiger charge is 2.38. The van der Waals surface area contributed by atoms with Gasteiger partial charge >= 0.3 is 0 Å². The molecule has 0 N–H and O–H groups in total. The van der Waals surface area contributed by atoms with E-state index in [1.165, 1.54) is 18.6 Å². The molecule has 1 aliphatic heterocycles. The number of fused-ring (bicyclic) bond motifs is 1. The lowest BCUT2D eigenvalue weighted by molar-refractivity contribution is 0.697. The fourth-order valence-electron chi connectivity index (χ4n) is 1.50. The van der Waals surface area contributed by atoms with Crippen molar-refractivity contribution in [3.8, 4) is 0 Å². The molecule has 2 atom stereocenters. The van der Waals surface area contributed by atoms with Crippen molar-refractivity contribution < 1.29 is 0 Å². The van der Waals surface area contributed by atoms with Crippen molar-refractivity contribution in [2.24, 2.45) is 16.8 Å². The fourth-order valence-corrected chi connectivity index (χ4v) is 1.50. The summed E-state index contributed by atoms with van der Waals surface area (Å²) in [5.41, 5.74) is 1.38. The highest BCUT2D eigenvalue weighted by Crippen LogP contribution is 2.43. The van der Waals surface area contributed by atoms with Crippen LogP contribution < -0.4 is 0 Å². The zero-order valence-corrected chi connectivity index (χ0v) is 5.22. The van der Waals surface area contributed by atoms with Gasteiger partial charge in [-0.05, 0) is 31.6 Å². The van der Waals surface area contributed by atoms with E-state index in [0.717, 1.165) is 18.4 Å². The molecule has 0 bridgehead atoms. The molecule has 0 saturated heterocycles. The summed E-state index contributed by atoms with van der Waals surface area (Å²) in [4.78, 5) is 4.37. The molecule has 0 amide bonds. The van der Waals surface area contributed by atoms with Crippen molar-refractivity contribution in [3.05, 3.63) is 0 Å².